The van der Waals surface area contributed by atoms with Gasteiger partial charge < -0.3 is 14.6 Å². The van der Waals surface area contributed by atoms with E-state index in [4.69, 9.17) is 14.6 Å². The highest BCUT2D eigenvalue weighted by Crippen LogP contribution is 2.25. The van der Waals surface area contributed by atoms with E-state index in [1.807, 2.05) is 6.92 Å². The Bertz CT molecular complexity index is 558. The van der Waals surface area contributed by atoms with Crippen molar-refractivity contribution in [3.8, 4) is 17.4 Å². The normalized spacial score (nSPS) is 10.3. The van der Waals surface area contributed by atoms with Crippen LogP contribution in [0.3, 0.4) is 0 Å². The Labute approximate surface area is 116 Å². The van der Waals surface area contributed by atoms with Crippen LogP contribution in [0, 0.1) is 5.82 Å². The lowest BCUT2D eigenvalue weighted by Gasteiger charge is -2.09. The van der Waals surface area contributed by atoms with Gasteiger partial charge in [0, 0.05) is 5.56 Å². The SMILES string of the molecule is CCCOc1ccc(Oc2ncc(F)cc2CO)cc1. The van der Waals surface area contributed by atoms with Crippen LogP contribution < -0.4 is 9.47 Å². The van der Waals surface area contributed by atoms with E-state index in [1.54, 1.807) is 24.3 Å². The van der Waals surface area contributed by atoms with E-state index in [-0.39, 0.29) is 12.5 Å². The molecule has 20 heavy (non-hydrogen) atoms. The van der Waals surface area contributed by atoms with Crippen LogP contribution in [-0.4, -0.2) is 16.7 Å². The third kappa shape index (κ3) is 3.68. The zero-order valence-electron chi connectivity index (χ0n) is 11.2. The van der Waals surface area contributed by atoms with Gasteiger partial charge in [0.25, 0.3) is 0 Å². The second kappa shape index (κ2) is 6.86. The fourth-order valence-corrected chi connectivity index (χ4v) is 1.61. The third-order valence-electron chi connectivity index (χ3n) is 2.57. The molecule has 1 aromatic heterocycles. The monoisotopic (exact) mass is 277 g/mol. The highest BCUT2D eigenvalue weighted by Gasteiger charge is 2.07. The molecule has 1 heterocycles. The van der Waals surface area contributed by atoms with E-state index >= 15 is 0 Å². The van der Waals surface area contributed by atoms with Crippen molar-refractivity contribution >= 4 is 0 Å². The number of hydrogen-bond acceptors (Lipinski definition) is 4. The highest BCUT2D eigenvalue weighted by atomic mass is 19.1. The van der Waals surface area contributed by atoms with Crippen molar-refractivity contribution < 1.29 is 19.0 Å². The summed E-state index contributed by atoms with van der Waals surface area (Å²) in [5, 5.41) is 9.16. The van der Waals surface area contributed by atoms with Gasteiger partial charge in [-0.15, -0.1) is 0 Å². The van der Waals surface area contributed by atoms with E-state index in [9.17, 15) is 4.39 Å². The number of halogens is 1. The Morgan fingerprint density at radius 1 is 1.20 bits per heavy atom. The van der Waals surface area contributed by atoms with Gasteiger partial charge in [-0.25, -0.2) is 9.37 Å². The van der Waals surface area contributed by atoms with Crippen LogP contribution in [-0.2, 0) is 6.61 Å². The van der Waals surface area contributed by atoms with Crippen molar-refractivity contribution in [3.05, 3.63) is 47.9 Å². The summed E-state index contributed by atoms with van der Waals surface area (Å²) in [4.78, 5) is 3.83. The molecule has 0 amide bonds. The molecule has 5 heteroatoms. The quantitative estimate of drug-likeness (QED) is 0.880. The number of pyridine rings is 1. The standard InChI is InChI=1S/C15H16FNO3/c1-2-7-19-13-3-5-14(6-4-13)20-15-11(10-18)8-12(16)9-17-15/h3-6,8-9,18H,2,7,10H2,1H3. The number of ether oxygens (including phenoxy) is 2. The van der Waals surface area contributed by atoms with Gasteiger partial charge in [-0.2, -0.15) is 0 Å². The molecule has 0 saturated heterocycles. The lowest BCUT2D eigenvalue weighted by atomic mass is 10.3. The fraction of sp³-hybridized carbons (Fsp3) is 0.267. The fourth-order valence-electron chi connectivity index (χ4n) is 1.61. The van der Waals surface area contributed by atoms with E-state index < -0.39 is 5.82 Å². The molecule has 0 unspecified atom stereocenters. The van der Waals surface area contributed by atoms with Gasteiger partial charge in [-0.05, 0) is 36.8 Å². The van der Waals surface area contributed by atoms with Crippen molar-refractivity contribution in [3.63, 3.8) is 0 Å². The molecule has 2 aromatic rings. The van der Waals surface area contributed by atoms with E-state index in [0.29, 0.717) is 17.9 Å². The largest absolute Gasteiger partial charge is 0.494 e. The molecule has 1 N–H and O–H groups in total. The lowest BCUT2D eigenvalue weighted by Crippen LogP contribution is -1.97. The number of aliphatic hydroxyl groups excluding tert-OH is 1. The molecule has 0 fully saturated rings. The minimum absolute atomic E-state index is 0.191. The minimum atomic E-state index is -0.510. The van der Waals surface area contributed by atoms with Gasteiger partial charge in [0.1, 0.15) is 17.3 Å². The maximum Gasteiger partial charge on any atom is 0.224 e. The first-order valence-corrected chi connectivity index (χ1v) is 6.39. The molecule has 106 valence electrons. The van der Waals surface area contributed by atoms with Crippen LogP contribution >= 0.6 is 0 Å². The van der Waals surface area contributed by atoms with Gasteiger partial charge >= 0.3 is 0 Å². The summed E-state index contributed by atoms with van der Waals surface area (Å²) in [6, 6.07) is 8.23. The Morgan fingerprint density at radius 2 is 1.90 bits per heavy atom. The van der Waals surface area contributed by atoms with Gasteiger partial charge in [0.15, 0.2) is 0 Å². The average molecular weight is 277 g/mol. The molecular weight excluding hydrogens is 261 g/mol. The third-order valence-corrected chi connectivity index (χ3v) is 2.57. The Kier molecular flexibility index (Phi) is 4.90. The molecule has 0 bridgehead atoms. The van der Waals surface area contributed by atoms with Crippen LogP contribution in [0.5, 0.6) is 17.4 Å². The van der Waals surface area contributed by atoms with E-state index in [2.05, 4.69) is 4.98 Å². The van der Waals surface area contributed by atoms with Crippen LogP contribution in [0.15, 0.2) is 36.5 Å². The summed E-state index contributed by atoms with van der Waals surface area (Å²) >= 11 is 0. The summed E-state index contributed by atoms with van der Waals surface area (Å²) < 4.78 is 24.0. The topological polar surface area (TPSA) is 51.6 Å². The van der Waals surface area contributed by atoms with Crippen LogP contribution in [0.2, 0.25) is 0 Å². The maximum absolute atomic E-state index is 13.0. The molecule has 4 nitrogen and oxygen atoms in total. The van der Waals surface area contributed by atoms with Crippen LogP contribution in [0.25, 0.3) is 0 Å². The molecule has 0 spiro atoms. The zero-order chi connectivity index (χ0) is 14.4. The Hall–Kier alpha value is -2.14. The smallest absolute Gasteiger partial charge is 0.224 e. The van der Waals surface area contributed by atoms with Crippen molar-refractivity contribution in [2.45, 2.75) is 20.0 Å². The predicted octanol–water partition coefficient (Wildman–Crippen LogP) is 3.29. The molecule has 1 aromatic carbocycles. The van der Waals surface area contributed by atoms with Gasteiger partial charge in [0.05, 0.1) is 19.4 Å². The first-order chi connectivity index (χ1) is 9.72. The van der Waals surface area contributed by atoms with Crippen molar-refractivity contribution in [1.29, 1.82) is 0 Å². The predicted molar refractivity (Wildman–Crippen MR) is 72.4 cm³/mol. The molecule has 2 rings (SSSR count). The molecule has 0 aliphatic carbocycles. The van der Waals surface area contributed by atoms with Crippen LogP contribution in [0.4, 0.5) is 4.39 Å². The number of aliphatic hydroxyl groups is 1. The molecule has 0 aliphatic rings. The number of aromatic nitrogens is 1. The van der Waals surface area contributed by atoms with Crippen molar-refractivity contribution in [2.75, 3.05) is 6.61 Å². The summed E-state index contributed by atoms with van der Waals surface area (Å²) in [7, 11) is 0. The van der Waals surface area contributed by atoms with Crippen molar-refractivity contribution in [1.82, 2.24) is 4.98 Å². The minimum Gasteiger partial charge on any atom is -0.494 e. The molecule has 0 radical (unpaired) electrons. The second-order valence-corrected chi connectivity index (χ2v) is 4.20. The first-order valence-electron chi connectivity index (χ1n) is 6.39. The lowest BCUT2D eigenvalue weighted by molar-refractivity contribution is 0.274. The van der Waals surface area contributed by atoms with Gasteiger partial charge in [0.2, 0.25) is 5.88 Å². The Balaban J connectivity index is 2.10. The summed E-state index contributed by atoms with van der Waals surface area (Å²) in [5.41, 5.74) is 0.302. The summed E-state index contributed by atoms with van der Waals surface area (Å²) in [6.07, 6.45) is 1.99. The average Bonchev–Trinajstić information content (AvgIpc) is 2.48. The first kappa shape index (κ1) is 14.3. The summed E-state index contributed by atoms with van der Waals surface area (Å²) in [5.74, 6) is 0.983. The second-order valence-electron chi connectivity index (χ2n) is 4.20. The van der Waals surface area contributed by atoms with Crippen molar-refractivity contribution in [2.24, 2.45) is 0 Å². The Morgan fingerprint density at radius 3 is 2.55 bits per heavy atom. The number of benzene rings is 1. The zero-order valence-corrected chi connectivity index (χ0v) is 11.2. The number of nitrogens with zero attached hydrogens (tertiary/aromatic N) is 1. The highest BCUT2D eigenvalue weighted by molar-refractivity contribution is 5.35. The van der Waals surface area contributed by atoms with E-state index in [0.717, 1.165) is 18.4 Å². The van der Waals surface area contributed by atoms with E-state index in [1.165, 1.54) is 6.07 Å². The maximum atomic E-state index is 13.0. The summed E-state index contributed by atoms with van der Waals surface area (Å²) in [6.45, 7) is 2.36. The van der Waals surface area contributed by atoms with Gasteiger partial charge in [-0.1, -0.05) is 6.92 Å². The molecule has 0 atom stereocenters. The molecular formula is C15H16FNO3. The van der Waals surface area contributed by atoms with Gasteiger partial charge in [-0.3, -0.25) is 0 Å². The number of rotatable bonds is 6. The molecule has 0 aliphatic heterocycles. The van der Waals surface area contributed by atoms with Crippen LogP contribution in [0.1, 0.15) is 18.9 Å². The molecule has 0 saturated carbocycles. The number of hydrogen-bond donors (Lipinski definition) is 1.